The summed E-state index contributed by atoms with van der Waals surface area (Å²) in [6.45, 7) is 0.520. The van der Waals surface area contributed by atoms with E-state index in [1.807, 2.05) is 19.0 Å². The lowest BCUT2D eigenvalue weighted by atomic mass is 9.78. The Morgan fingerprint density at radius 3 is 2.47 bits per heavy atom. The molecule has 1 aromatic carbocycles. The molecule has 19 heavy (non-hydrogen) atoms. The topological polar surface area (TPSA) is 40.5 Å². The molecule has 0 radical (unpaired) electrons. The molecule has 0 amide bonds. The van der Waals surface area contributed by atoms with Gasteiger partial charge < -0.3 is 10.0 Å². The van der Waals surface area contributed by atoms with E-state index in [2.05, 4.69) is 0 Å². The first-order valence-electron chi connectivity index (χ1n) is 6.63. The molecule has 0 atom stereocenters. The molecule has 4 heteroatoms. The van der Waals surface area contributed by atoms with Gasteiger partial charge in [0, 0.05) is 12.1 Å². The molecule has 0 bridgehead atoms. The van der Waals surface area contributed by atoms with Crippen molar-refractivity contribution >= 4 is 5.97 Å². The molecule has 0 spiro atoms. The summed E-state index contributed by atoms with van der Waals surface area (Å²) in [7, 11) is 3.76. The molecule has 0 aromatic heterocycles. The number of hydrogen-bond donors (Lipinski definition) is 1. The zero-order valence-corrected chi connectivity index (χ0v) is 11.4. The lowest BCUT2D eigenvalue weighted by Gasteiger charge is -2.25. The number of carboxylic acid groups (broad SMARTS) is 1. The summed E-state index contributed by atoms with van der Waals surface area (Å²) in [6.07, 6.45) is 3.00. The molecule has 104 valence electrons. The van der Waals surface area contributed by atoms with Gasteiger partial charge in [0.1, 0.15) is 5.82 Å². The highest BCUT2D eigenvalue weighted by Gasteiger charge is 2.43. The average Bonchev–Trinajstić information content (AvgIpc) is 2.81. The standard InChI is InChI=1S/C15H20FNO2/c1-17(2)10-11-5-6-12(9-13(11)16)15(14(18)19)7-3-4-8-15/h5-6,9H,3-4,7-8,10H2,1-2H3,(H,18,19). The minimum absolute atomic E-state index is 0.307. The minimum atomic E-state index is -0.877. The molecule has 1 N–H and O–H groups in total. The van der Waals surface area contributed by atoms with Crippen molar-refractivity contribution in [2.24, 2.45) is 0 Å². The molecule has 1 saturated carbocycles. The Hall–Kier alpha value is -1.42. The smallest absolute Gasteiger partial charge is 0.314 e. The Bertz CT molecular complexity index is 479. The molecule has 1 aromatic rings. The van der Waals surface area contributed by atoms with E-state index in [-0.39, 0.29) is 5.82 Å². The highest BCUT2D eigenvalue weighted by Crippen LogP contribution is 2.41. The lowest BCUT2D eigenvalue weighted by molar-refractivity contribution is -0.143. The number of hydrogen-bond acceptors (Lipinski definition) is 2. The van der Waals surface area contributed by atoms with E-state index in [9.17, 15) is 14.3 Å². The van der Waals surface area contributed by atoms with Crippen molar-refractivity contribution in [1.82, 2.24) is 4.90 Å². The van der Waals surface area contributed by atoms with Gasteiger partial charge in [-0.25, -0.2) is 4.39 Å². The van der Waals surface area contributed by atoms with Crippen LogP contribution in [0.2, 0.25) is 0 Å². The molecule has 2 rings (SSSR count). The van der Waals surface area contributed by atoms with Crippen LogP contribution in [0.1, 0.15) is 36.8 Å². The number of carboxylic acids is 1. The van der Waals surface area contributed by atoms with Gasteiger partial charge in [-0.05, 0) is 38.6 Å². The van der Waals surface area contributed by atoms with Crippen LogP contribution < -0.4 is 0 Å². The largest absolute Gasteiger partial charge is 0.481 e. The monoisotopic (exact) mass is 265 g/mol. The van der Waals surface area contributed by atoms with Gasteiger partial charge in [0.2, 0.25) is 0 Å². The van der Waals surface area contributed by atoms with Crippen molar-refractivity contribution in [3.05, 3.63) is 35.1 Å². The van der Waals surface area contributed by atoms with Crippen molar-refractivity contribution in [1.29, 1.82) is 0 Å². The fourth-order valence-corrected chi connectivity index (χ4v) is 2.92. The van der Waals surface area contributed by atoms with E-state index in [0.29, 0.717) is 30.5 Å². The Morgan fingerprint density at radius 2 is 2.00 bits per heavy atom. The van der Waals surface area contributed by atoms with Gasteiger partial charge in [0.05, 0.1) is 5.41 Å². The summed E-state index contributed by atoms with van der Waals surface area (Å²) in [5, 5.41) is 9.49. The fraction of sp³-hybridized carbons (Fsp3) is 0.533. The number of rotatable bonds is 4. The summed E-state index contributed by atoms with van der Waals surface area (Å²) in [4.78, 5) is 13.5. The molecule has 0 saturated heterocycles. The van der Waals surface area contributed by atoms with Crippen LogP contribution in [0.25, 0.3) is 0 Å². The highest BCUT2D eigenvalue weighted by molar-refractivity contribution is 5.81. The Balaban J connectivity index is 2.35. The lowest BCUT2D eigenvalue weighted by Crippen LogP contribution is -2.32. The number of halogens is 1. The molecule has 0 heterocycles. The first-order chi connectivity index (χ1) is 8.95. The second kappa shape index (κ2) is 5.29. The van der Waals surface area contributed by atoms with Crippen LogP contribution in [0.4, 0.5) is 4.39 Å². The van der Waals surface area contributed by atoms with Gasteiger partial charge in [-0.15, -0.1) is 0 Å². The number of benzene rings is 1. The Morgan fingerprint density at radius 1 is 1.37 bits per heavy atom. The molecule has 1 aliphatic carbocycles. The molecule has 1 fully saturated rings. The van der Waals surface area contributed by atoms with Crippen molar-refractivity contribution < 1.29 is 14.3 Å². The summed E-state index contributed by atoms with van der Waals surface area (Å²) < 4.78 is 14.1. The van der Waals surface area contributed by atoms with Crippen LogP contribution in [0.15, 0.2) is 18.2 Å². The third-order valence-electron chi connectivity index (χ3n) is 3.96. The van der Waals surface area contributed by atoms with Crippen LogP contribution in [0.5, 0.6) is 0 Å². The van der Waals surface area contributed by atoms with Crippen LogP contribution in [0, 0.1) is 5.82 Å². The maximum Gasteiger partial charge on any atom is 0.314 e. The quantitative estimate of drug-likeness (QED) is 0.910. The zero-order valence-electron chi connectivity index (χ0n) is 11.4. The van der Waals surface area contributed by atoms with Gasteiger partial charge >= 0.3 is 5.97 Å². The molecule has 0 unspecified atom stereocenters. The number of aliphatic carboxylic acids is 1. The molecule has 1 aliphatic rings. The number of carbonyl (C=O) groups is 1. The Kier molecular flexibility index (Phi) is 3.90. The van der Waals surface area contributed by atoms with Crippen molar-refractivity contribution in [2.75, 3.05) is 14.1 Å². The minimum Gasteiger partial charge on any atom is -0.481 e. The van der Waals surface area contributed by atoms with Gasteiger partial charge in [0.15, 0.2) is 0 Å². The van der Waals surface area contributed by atoms with E-state index in [4.69, 9.17) is 0 Å². The van der Waals surface area contributed by atoms with Crippen molar-refractivity contribution in [3.8, 4) is 0 Å². The first-order valence-corrected chi connectivity index (χ1v) is 6.63. The molecular weight excluding hydrogens is 245 g/mol. The normalized spacial score (nSPS) is 17.9. The summed E-state index contributed by atoms with van der Waals surface area (Å²) >= 11 is 0. The van der Waals surface area contributed by atoms with Crippen LogP contribution in [-0.4, -0.2) is 30.1 Å². The van der Waals surface area contributed by atoms with E-state index < -0.39 is 11.4 Å². The van der Waals surface area contributed by atoms with E-state index in [1.54, 1.807) is 12.1 Å². The van der Waals surface area contributed by atoms with E-state index in [1.165, 1.54) is 6.07 Å². The maximum absolute atomic E-state index is 14.1. The molecule has 0 aliphatic heterocycles. The van der Waals surface area contributed by atoms with Crippen LogP contribution >= 0.6 is 0 Å². The summed E-state index contributed by atoms with van der Waals surface area (Å²) in [5.74, 6) is -1.14. The second-order valence-corrected chi connectivity index (χ2v) is 5.64. The SMILES string of the molecule is CN(C)Cc1ccc(C2(C(=O)O)CCCC2)cc1F. The van der Waals surface area contributed by atoms with E-state index in [0.717, 1.165) is 12.8 Å². The first kappa shape index (κ1) is 14.0. The average molecular weight is 265 g/mol. The Labute approximate surface area is 113 Å². The number of nitrogens with zero attached hydrogens (tertiary/aromatic N) is 1. The van der Waals surface area contributed by atoms with Crippen LogP contribution in [0.3, 0.4) is 0 Å². The van der Waals surface area contributed by atoms with E-state index >= 15 is 0 Å². The van der Waals surface area contributed by atoms with Crippen molar-refractivity contribution in [3.63, 3.8) is 0 Å². The second-order valence-electron chi connectivity index (χ2n) is 5.64. The third-order valence-corrected chi connectivity index (χ3v) is 3.96. The predicted molar refractivity (Wildman–Crippen MR) is 71.6 cm³/mol. The summed E-state index contributed by atoms with van der Waals surface area (Å²) in [5.41, 5.74) is 0.335. The third kappa shape index (κ3) is 2.63. The maximum atomic E-state index is 14.1. The van der Waals surface area contributed by atoms with Gasteiger partial charge in [-0.1, -0.05) is 25.0 Å². The molecule has 3 nitrogen and oxygen atoms in total. The fourth-order valence-electron chi connectivity index (χ4n) is 2.92. The summed E-state index contributed by atoms with van der Waals surface area (Å²) in [6, 6.07) is 4.91. The van der Waals surface area contributed by atoms with Gasteiger partial charge in [-0.2, -0.15) is 0 Å². The van der Waals surface area contributed by atoms with Crippen molar-refractivity contribution in [2.45, 2.75) is 37.6 Å². The molecular formula is C15H20FNO2. The predicted octanol–water partition coefficient (Wildman–Crippen LogP) is 2.78. The highest BCUT2D eigenvalue weighted by atomic mass is 19.1. The van der Waals surface area contributed by atoms with Gasteiger partial charge in [0.25, 0.3) is 0 Å². The van der Waals surface area contributed by atoms with Crippen LogP contribution in [-0.2, 0) is 16.8 Å². The van der Waals surface area contributed by atoms with Gasteiger partial charge in [-0.3, -0.25) is 4.79 Å². The zero-order chi connectivity index (χ0) is 14.0.